The van der Waals surface area contributed by atoms with Crippen LogP contribution < -0.4 is 0 Å². The highest BCUT2D eigenvalue weighted by Crippen LogP contribution is 2.45. The smallest absolute Gasteiger partial charge is 0.0433 e. The van der Waals surface area contributed by atoms with Gasteiger partial charge < -0.3 is 0 Å². The van der Waals surface area contributed by atoms with Gasteiger partial charge in [-0.25, -0.2) is 0 Å². The minimum Gasteiger partial charge on any atom is -0.135 e. The number of hydrogen-bond acceptors (Lipinski definition) is 1. The van der Waals surface area contributed by atoms with E-state index in [1.165, 1.54) is 91.8 Å². The third-order valence-electron chi connectivity index (χ3n) is 9.34. The van der Waals surface area contributed by atoms with Gasteiger partial charge in [-0.15, -0.1) is 11.3 Å². The molecule has 0 N–H and O–H groups in total. The number of rotatable bonds is 4. The van der Waals surface area contributed by atoms with E-state index in [0.717, 1.165) is 0 Å². The summed E-state index contributed by atoms with van der Waals surface area (Å²) in [6.07, 6.45) is 0. The molecule has 9 aromatic rings. The van der Waals surface area contributed by atoms with E-state index < -0.39 is 0 Å². The molecule has 0 fully saturated rings. The predicted octanol–water partition coefficient (Wildman–Crippen LogP) is 13.3. The summed E-state index contributed by atoms with van der Waals surface area (Å²) >= 11 is 1.89. The number of hydrogen-bond donors (Lipinski definition) is 0. The fourth-order valence-corrected chi connectivity index (χ4v) is 8.38. The lowest BCUT2D eigenvalue weighted by atomic mass is 9.84. The van der Waals surface area contributed by atoms with Gasteiger partial charge in [-0.3, -0.25) is 0 Å². The van der Waals surface area contributed by atoms with Crippen LogP contribution in [0.1, 0.15) is 5.56 Å². The van der Waals surface area contributed by atoms with Crippen LogP contribution in [0.5, 0.6) is 0 Å². The van der Waals surface area contributed by atoms with E-state index in [4.69, 9.17) is 0 Å². The molecule has 46 heavy (non-hydrogen) atoms. The molecule has 0 spiro atoms. The Balaban J connectivity index is 1.29. The molecule has 1 heterocycles. The molecular formula is C45H30S. The zero-order chi connectivity index (χ0) is 30.6. The van der Waals surface area contributed by atoms with Crippen LogP contribution in [-0.4, -0.2) is 0 Å². The quantitative estimate of drug-likeness (QED) is 0.176. The molecule has 1 heteroatoms. The fourth-order valence-electron chi connectivity index (χ4n) is 7.15. The molecule has 0 amide bonds. The van der Waals surface area contributed by atoms with Crippen LogP contribution in [0.2, 0.25) is 0 Å². The van der Waals surface area contributed by atoms with Crippen molar-refractivity contribution in [3.8, 4) is 44.5 Å². The summed E-state index contributed by atoms with van der Waals surface area (Å²) in [7, 11) is 0. The van der Waals surface area contributed by atoms with Gasteiger partial charge in [-0.2, -0.15) is 0 Å². The summed E-state index contributed by atoms with van der Waals surface area (Å²) in [4.78, 5) is 0. The number of benzene rings is 8. The monoisotopic (exact) mass is 602 g/mol. The lowest BCUT2D eigenvalue weighted by Crippen LogP contribution is -1.92. The maximum atomic E-state index is 2.42. The first-order valence-electron chi connectivity index (χ1n) is 15.8. The van der Waals surface area contributed by atoms with Crippen LogP contribution >= 0.6 is 11.3 Å². The molecule has 0 aliphatic heterocycles. The van der Waals surface area contributed by atoms with Crippen molar-refractivity contribution >= 4 is 53.1 Å². The van der Waals surface area contributed by atoms with Crippen molar-refractivity contribution in [2.75, 3.05) is 0 Å². The molecule has 0 nitrogen and oxygen atoms in total. The Morgan fingerprint density at radius 1 is 0.348 bits per heavy atom. The zero-order valence-electron chi connectivity index (χ0n) is 25.5. The van der Waals surface area contributed by atoms with Crippen LogP contribution in [0.4, 0.5) is 0 Å². The second-order valence-electron chi connectivity index (χ2n) is 12.1. The average Bonchev–Trinajstić information content (AvgIpc) is 3.50. The molecule has 0 aliphatic rings. The van der Waals surface area contributed by atoms with Gasteiger partial charge >= 0.3 is 0 Å². The third-order valence-corrected chi connectivity index (χ3v) is 10.6. The maximum Gasteiger partial charge on any atom is 0.0433 e. The SMILES string of the molecule is Cc1ccc(-c2c3ccccc3c(-c3ccccc3)c3ccc(-c4cccc(-c5cccc6c5sc5ccccc56)c4)cc23)cc1. The number of thiophene rings is 1. The Morgan fingerprint density at radius 3 is 1.70 bits per heavy atom. The second-order valence-corrected chi connectivity index (χ2v) is 13.2. The van der Waals surface area contributed by atoms with Crippen molar-refractivity contribution in [2.45, 2.75) is 6.92 Å². The number of fused-ring (bicyclic) bond motifs is 5. The normalized spacial score (nSPS) is 11.6. The van der Waals surface area contributed by atoms with E-state index >= 15 is 0 Å². The van der Waals surface area contributed by atoms with Crippen molar-refractivity contribution in [1.29, 1.82) is 0 Å². The van der Waals surface area contributed by atoms with Gasteiger partial charge in [0.2, 0.25) is 0 Å². The topological polar surface area (TPSA) is 0 Å². The van der Waals surface area contributed by atoms with Crippen LogP contribution in [0.3, 0.4) is 0 Å². The summed E-state index contributed by atoms with van der Waals surface area (Å²) in [5.74, 6) is 0. The highest BCUT2D eigenvalue weighted by atomic mass is 32.1. The highest BCUT2D eigenvalue weighted by molar-refractivity contribution is 7.26. The molecule has 216 valence electrons. The molecule has 8 aromatic carbocycles. The van der Waals surface area contributed by atoms with Crippen molar-refractivity contribution in [3.63, 3.8) is 0 Å². The van der Waals surface area contributed by atoms with Crippen molar-refractivity contribution < 1.29 is 0 Å². The molecule has 0 radical (unpaired) electrons. The standard InChI is InChI=1S/C45H30S/c1-29-21-23-31(24-22-29)44-38-17-6-5-16-37(38)43(30-11-3-2-4-12-30)39-26-25-33(28-41(39)44)32-13-9-14-34(27-32)35-18-10-19-40-36-15-7-8-20-42(36)46-45(35)40/h2-28H,1H3. The van der Waals surface area contributed by atoms with Crippen molar-refractivity contribution in [1.82, 2.24) is 0 Å². The molecular weight excluding hydrogens is 573 g/mol. The van der Waals surface area contributed by atoms with Gasteiger partial charge in [0.05, 0.1) is 0 Å². The first-order chi connectivity index (χ1) is 22.7. The van der Waals surface area contributed by atoms with Gasteiger partial charge in [0, 0.05) is 20.2 Å². The Kier molecular flexibility index (Phi) is 6.33. The Hall–Kier alpha value is -5.50. The summed E-state index contributed by atoms with van der Waals surface area (Å²) in [6.45, 7) is 2.16. The Labute approximate surface area is 272 Å². The first kappa shape index (κ1) is 26.9. The first-order valence-corrected chi connectivity index (χ1v) is 16.7. The van der Waals surface area contributed by atoms with Crippen LogP contribution in [0.25, 0.3) is 86.2 Å². The molecule has 0 aliphatic carbocycles. The van der Waals surface area contributed by atoms with Crippen LogP contribution in [-0.2, 0) is 0 Å². The Bertz CT molecular complexity index is 2570. The van der Waals surface area contributed by atoms with E-state index in [0.29, 0.717) is 0 Å². The van der Waals surface area contributed by atoms with E-state index in [9.17, 15) is 0 Å². The summed E-state index contributed by atoms with van der Waals surface area (Å²) in [5.41, 5.74) is 11.3. The van der Waals surface area contributed by atoms with E-state index in [1.54, 1.807) is 0 Å². The van der Waals surface area contributed by atoms with E-state index in [2.05, 4.69) is 171 Å². The maximum absolute atomic E-state index is 2.42. The second kappa shape index (κ2) is 10.8. The van der Waals surface area contributed by atoms with Gasteiger partial charge in [0.15, 0.2) is 0 Å². The minimum absolute atomic E-state index is 1.22. The average molecular weight is 603 g/mol. The van der Waals surface area contributed by atoms with Gasteiger partial charge in [-0.1, -0.05) is 151 Å². The minimum atomic E-state index is 1.22. The van der Waals surface area contributed by atoms with Gasteiger partial charge in [0.1, 0.15) is 0 Å². The molecule has 0 atom stereocenters. The Morgan fingerprint density at radius 2 is 0.891 bits per heavy atom. The molecule has 0 bridgehead atoms. The van der Waals surface area contributed by atoms with Crippen LogP contribution in [0.15, 0.2) is 164 Å². The molecule has 9 rings (SSSR count). The number of aryl methyl sites for hydroxylation is 1. The molecule has 1 aromatic heterocycles. The van der Waals surface area contributed by atoms with E-state index in [-0.39, 0.29) is 0 Å². The van der Waals surface area contributed by atoms with Crippen molar-refractivity contribution in [2.24, 2.45) is 0 Å². The van der Waals surface area contributed by atoms with Crippen LogP contribution in [0, 0.1) is 6.92 Å². The summed E-state index contributed by atoms with van der Waals surface area (Å²) in [5, 5.41) is 7.77. The largest absolute Gasteiger partial charge is 0.135 e. The fraction of sp³-hybridized carbons (Fsp3) is 0.0222. The highest BCUT2D eigenvalue weighted by Gasteiger charge is 2.18. The summed E-state index contributed by atoms with van der Waals surface area (Å²) in [6, 6.07) is 60.4. The van der Waals surface area contributed by atoms with Gasteiger partial charge in [-0.05, 0) is 91.2 Å². The third kappa shape index (κ3) is 4.35. The van der Waals surface area contributed by atoms with Crippen molar-refractivity contribution in [3.05, 3.63) is 169 Å². The van der Waals surface area contributed by atoms with Gasteiger partial charge in [0.25, 0.3) is 0 Å². The lowest BCUT2D eigenvalue weighted by Gasteiger charge is -2.19. The summed E-state index contributed by atoms with van der Waals surface area (Å²) < 4.78 is 2.68. The van der Waals surface area contributed by atoms with E-state index in [1.807, 2.05) is 11.3 Å². The molecule has 0 saturated carbocycles. The lowest BCUT2D eigenvalue weighted by molar-refractivity contribution is 1.47. The predicted molar refractivity (Wildman–Crippen MR) is 201 cm³/mol. The molecule has 0 saturated heterocycles. The molecule has 0 unspecified atom stereocenters. The zero-order valence-corrected chi connectivity index (χ0v) is 26.3.